The van der Waals surface area contributed by atoms with Gasteiger partial charge in [0.25, 0.3) is 0 Å². The highest BCUT2D eigenvalue weighted by molar-refractivity contribution is 7.09. The minimum Gasteiger partial charge on any atom is -0.487 e. The van der Waals surface area contributed by atoms with Crippen molar-refractivity contribution in [2.75, 3.05) is 13.7 Å². The van der Waals surface area contributed by atoms with E-state index in [9.17, 15) is 0 Å². The van der Waals surface area contributed by atoms with E-state index < -0.39 is 0 Å². The van der Waals surface area contributed by atoms with E-state index in [-0.39, 0.29) is 0 Å². The van der Waals surface area contributed by atoms with Crippen molar-refractivity contribution in [1.82, 2.24) is 4.98 Å². The molecule has 0 radical (unpaired) electrons. The Kier molecular flexibility index (Phi) is 5.32. The minimum absolute atomic E-state index is 0.480. The third kappa shape index (κ3) is 4.31. The molecule has 1 aromatic heterocycles. The Labute approximate surface area is 117 Å². The normalized spacial score (nSPS) is 10.6. The van der Waals surface area contributed by atoms with E-state index in [1.807, 2.05) is 17.5 Å². The van der Waals surface area contributed by atoms with Gasteiger partial charge in [-0.05, 0) is 24.1 Å². The zero-order valence-corrected chi connectivity index (χ0v) is 11.8. The number of thiazole rings is 1. The van der Waals surface area contributed by atoms with Crippen LogP contribution in [0.25, 0.3) is 0 Å². The number of aromatic nitrogens is 1. The lowest BCUT2D eigenvalue weighted by atomic mass is 10.1. The topological polar surface area (TPSA) is 57.4 Å². The standard InChI is InChI=1S/C14H18N2O2S/c1-17-7-6-11-2-4-13(5-3-11)18-9-12-10-19-14(8-15)16-12/h2-5,10H,6-9,15H2,1H3. The highest BCUT2D eigenvalue weighted by Gasteiger charge is 2.02. The molecule has 1 aromatic carbocycles. The first kappa shape index (κ1) is 14.0. The molecule has 0 amide bonds. The smallest absolute Gasteiger partial charge is 0.131 e. The molecule has 1 heterocycles. The van der Waals surface area contributed by atoms with Gasteiger partial charge >= 0.3 is 0 Å². The van der Waals surface area contributed by atoms with E-state index in [1.165, 1.54) is 5.56 Å². The molecule has 5 heteroatoms. The molecule has 2 rings (SSSR count). The van der Waals surface area contributed by atoms with Gasteiger partial charge in [-0.25, -0.2) is 4.98 Å². The van der Waals surface area contributed by atoms with E-state index in [2.05, 4.69) is 17.1 Å². The molecular weight excluding hydrogens is 260 g/mol. The van der Waals surface area contributed by atoms with E-state index in [1.54, 1.807) is 18.4 Å². The van der Waals surface area contributed by atoms with Crippen molar-refractivity contribution in [2.45, 2.75) is 19.6 Å². The second-order valence-electron chi connectivity index (χ2n) is 4.11. The zero-order chi connectivity index (χ0) is 13.5. The Bertz CT molecular complexity index is 496. The van der Waals surface area contributed by atoms with E-state index in [0.29, 0.717) is 13.2 Å². The van der Waals surface area contributed by atoms with Crippen LogP contribution < -0.4 is 10.5 Å². The summed E-state index contributed by atoms with van der Waals surface area (Å²) in [5.74, 6) is 0.850. The molecule has 0 aliphatic rings. The molecule has 0 saturated carbocycles. The van der Waals surface area contributed by atoms with E-state index in [0.717, 1.165) is 29.5 Å². The van der Waals surface area contributed by atoms with Crippen LogP contribution in [0.5, 0.6) is 5.75 Å². The Hall–Kier alpha value is -1.43. The number of rotatable bonds is 7. The highest BCUT2D eigenvalue weighted by atomic mass is 32.1. The summed E-state index contributed by atoms with van der Waals surface area (Å²) in [5.41, 5.74) is 7.69. The summed E-state index contributed by atoms with van der Waals surface area (Å²) in [4.78, 5) is 4.35. The summed E-state index contributed by atoms with van der Waals surface area (Å²) < 4.78 is 10.7. The van der Waals surface area contributed by atoms with Crippen molar-refractivity contribution in [3.63, 3.8) is 0 Å². The molecular formula is C14H18N2O2S. The van der Waals surface area contributed by atoms with Crippen molar-refractivity contribution in [2.24, 2.45) is 5.73 Å². The number of hydrogen-bond donors (Lipinski definition) is 1. The summed E-state index contributed by atoms with van der Waals surface area (Å²) in [6.45, 7) is 1.70. The van der Waals surface area contributed by atoms with Gasteiger partial charge in [-0.1, -0.05) is 12.1 Å². The van der Waals surface area contributed by atoms with Crippen LogP contribution in [0, 0.1) is 0 Å². The number of nitrogens with zero attached hydrogens (tertiary/aromatic N) is 1. The van der Waals surface area contributed by atoms with Crippen LogP contribution in [0.3, 0.4) is 0 Å². The largest absolute Gasteiger partial charge is 0.487 e. The fourth-order valence-corrected chi connectivity index (χ4v) is 2.30. The molecule has 0 spiro atoms. The van der Waals surface area contributed by atoms with E-state index >= 15 is 0 Å². The first-order valence-corrected chi connectivity index (χ1v) is 7.04. The monoisotopic (exact) mass is 278 g/mol. The first-order valence-electron chi connectivity index (χ1n) is 6.16. The van der Waals surface area contributed by atoms with Crippen molar-refractivity contribution in [1.29, 1.82) is 0 Å². The molecule has 19 heavy (non-hydrogen) atoms. The summed E-state index contributed by atoms with van der Waals surface area (Å²) in [6.07, 6.45) is 0.919. The Morgan fingerprint density at radius 3 is 2.68 bits per heavy atom. The average Bonchev–Trinajstić information content (AvgIpc) is 2.92. The van der Waals surface area contributed by atoms with Crippen LogP contribution in [0.4, 0.5) is 0 Å². The second-order valence-corrected chi connectivity index (χ2v) is 5.05. The fourth-order valence-electron chi connectivity index (χ4n) is 1.64. The fraction of sp³-hybridized carbons (Fsp3) is 0.357. The van der Waals surface area contributed by atoms with Crippen LogP contribution in [0.2, 0.25) is 0 Å². The van der Waals surface area contributed by atoms with E-state index in [4.69, 9.17) is 15.2 Å². The molecule has 4 nitrogen and oxygen atoms in total. The van der Waals surface area contributed by atoms with Gasteiger partial charge in [0.2, 0.25) is 0 Å². The summed E-state index contributed by atoms with van der Waals surface area (Å²) >= 11 is 1.57. The molecule has 0 aliphatic heterocycles. The number of hydrogen-bond acceptors (Lipinski definition) is 5. The van der Waals surface area contributed by atoms with Crippen LogP contribution in [-0.2, 0) is 24.3 Å². The predicted octanol–water partition coefficient (Wildman–Crippen LogP) is 2.37. The maximum atomic E-state index is 5.68. The SMILES string of the molecule is COCCc1ccc(OCc2csc(CN)n2)cc1. The van der Waals surface area contributed by atoms with Crippen molar-refractivity contribution in [3.8, 4) is 5.75 Å². The van der Waals surface area contributed by atoms with Gasteiger partial charge in [0.05, 0.1) is 12.3 Å². The molecule has 0 saturated heterocycles. The predicted molar refractivity (Wildman–Crippen MR) is 76.4 cm³/mol. The minimum atomic E-state index is 0.480. The third-order valence-electron chi connectivity index (χ3n) is 2.68. The van der Waals surface area contributed by atoms with Crippen LogP contribution >= 0.6 is 11.3 Å². The lowest BCUT2D eigenvalue weighted by Gasteiger charge is -2.05. The number of ether oxygens (including phenoxy) is 2. The average molecular weight is 278 g/mol. The van der Waals surface area contributed by atoms with Gasteiger partial charge < -0.3 is 15.2 Å². The van der Waals surface area contributed by atoms with Crippen LogP contribution in [-0.4, -0.2) is 18.7 Å². The summed E-state index contributed by atoms with van der Waals surface area (Å²) in [7, 11) is 1.71. The van der Waals surface area contributed by atoms with Gasteiger partial charge in [0, 0.05) is 19.0 Å². The molecule has 0 aliphatic carbocycles. The summed E-state index contributed by atoms with van der Waals surface area (Å²) in [6, 6.07) is 8.06. The molecule has 102 valence electrons. The van der Waals surface area contributed by atoms with Crippen molar-refractivity contribution >= 4 is 11.3 Å². The van der Waals surface area contributed by atoms with Crippen molar-refractivity contribution in [3.05, 3.63) is 45.9 Å². The van der Waals surface area contributed by atoms with Gasteiger partial charge in [0.1, 0.15) is 17.4 Å². The maximum absolute atomic E-state index is 5.68. The number of methoxy groups -OCH3 is 1. The Balaban J connectivity index is 1.85. The maximum Gasteiger partial charge on any atom is 0.131 e. The first-order chi connectivity index (χ1) is 9.31. The molecule has 2 aromatic rings. The van der Waals surface area contributed by atoms with Gasteiger partial charge in [-0.15, -0.1) is 11.3 Å². The van der Waals surface area contributed by atoms with Gasteiger partial charge in [0.15, 0.2) is 0 Å². The molecule has 2 N–H and O–H groups in total. The molecule has 0 unspecified atom stereocenters. The lowest BCUT2D eigenvalue weighted by molar-refractivity contribution is 0.202. The Morgan fingerprint density at radius 1 is 1.26 bits per heavy atom. The van der Waals surface area contributed by atoms with Crippen molar-refractivity contribution < 1.29 is 9.47 Å². The highest BCUT2D eigenvalue weighted by Crippen LogP contribution is 2.16. The number of nitrogens with two attached hydrogens (primary N) is 1. The molecule has 0 fully saturated rings. The molecule has 0 bridgehead atoms. The zero-order valence-electron chi connectivity index (χ0n) is 11.0. The van der Waals surface area contributed by atoms with Crippen LogP contribution in [0.15, 0.2) is 29.6 Å². The summed E-state index contributed by atoms with van der Waals surface area (Å²) in [5, 5.41) is 2.92. The molecule has 0 atom stereocenters. The lowest BCUT2D eigenvalue weighted by Crippen LogP contribution is -1.99. The Morgan fingerprint density at radius 2 is 2.05 bits per heavy atom. The van der Waals surface area contributed by atoms with Crippen LogP contribution in [0.1, 0.15) is 16.3 Å². The third-order valence-corrected chi connectivity index (χ3v) is 3.60. The quantitative estimate of drug-likeness (QED) is 0.844. The van der Waals surface area contributed by atoms with Gasteiger partial charge in [-0.3, -0.25) is 0 Å². The second kappa shape index (κ2) is 7.23. The number of benzene rings is 1. The van der Waals surface area contributed by atoms with Gasteiger partial charge in [-0.2, -0.15) is 0 Å².